The summed E-state index contributed by atoms with van der Waals surface area (Å²) in [6.07, 6.45) is 3.21. The van der Waals surface area contributed by atoms with Crippen molar-refractivity contribution in [2.24, 2.45) is 0 Å². The first-order chi connectivity index (χ1) is 10.8. The monoisotopic (exact) mass is 318 g/mol. The van der Waals surface area contributed by atoms with Crippen molar-refractivity contribution in [3.8, 4) is 0 Å². The summed E-state index contributed by atoms with van der Waals surface area (Å²) in [6, 6.07) is 13.3. The number of thiophene rings is 1. The Hall–Kier alpha value is -1.20. The highest BCUT2D eigenvalue weighted by Crippen LogP contribution is 2.26. The van der Waals surface area contributed by atoms with Gasteiger partial charge in [0.05, 0.1) is 13.2 Å². The summed E-state index contributed by atoms with van der Waals surface area (Å²) < 4.78 is 5.59. The lowest BCUT2D eigenvalue weighted by molar-refractivity contribution is -0.703. The summed E-state index contributed by atoms with van der Waals surface area (Å²) in [4.78, 5) is 1.21. The molecule has 3 N–H and O–H groups in total. The highest BCUT2D eigenvalue weighted by Gasteiger charge is 2.23. The van der Waals surface area contributed by atoms with E-state index in [0.717, 1.165) is 0 Å². The molecule has 2 atom stereocenters. The molecule has 0 saturated heterocycles. The number of rotatable bonds is 7. The maximum atomic E-state index is 10.1. The van der Waals surface area contributed by atoms with Crippen LogP contribution in [0.25, 0.3) is 0 Å². The first-order valence-electron chi connectivity index (χ1n) is 8.02. The number of benzene rings is 1. The van der Waals surface area contributed by atoms with Gasteiger partial charge < -0.3 is 15.2 Å². The van der Waals surface area contributed by atoms with Crippen LogP contribution in [-0.2, 0) is 17.8 Å². The number of quaternary nitrogens is 1. The van der Waals surface area contributed by atoms with E-state index in [1.54, 1.807) is 11.3 Å². The molecule has 1 aromatic carbocycles. The average molecular weight is 318 g/mol. The molecule has 22 heavy (non-hydrogen) atoms. The number of hydrogen-bond acceptors (Lipinski definition) is 3. The fraction of sp³-hybridized carbons (Fsp3) is 0.444. The van der Waals surface area contributed by atoms with Crippen LogP contribution in [0.1, 0.15) is 34.9 Å². The Balaban J connectivity index is 1.42. The molecule has 1 aliphatic carbocycles. The molecule has 4 heteroatoms. The fourth-order valence-corrected chi connectivity index (χ4v) is 3.76. The predicted octanol–water partition coefficient (Wildman–Crippen LogP) is 2.27. The van der Waals surface area contributed by atoms with Crippen LogP contribution < -0.4 is 5.32 Å². The number of aliphatic hydroxyl groups excluding tert-OH is 1. The average Bonchev–Trinajstić information content (AvgIpc) is 3.06. The fourth-order valence-electron chi connectivity index (χ4n) is 3.12. The van der Waals surface area contributed by atoms with Gasteiger partial charge in [-0.15, -0.1) is 11.3 Å². The number of fused-ring (bicyclic) bond motifs is 1. The number of nitrogens with two attached hydrogens (primary N) is 1. The van der Waals surface area contributed by atoms with E-state index < -0.39 is 6.10 Å². The van der Waals surface area contributed by atoms with Gasteiger partial charge in [-0.2, -0.15) is 0 Å². The van der Waals surface area contributed by atoms with Crippen molar-refractivity contribution in [1.82, 2.24) is 0 Å². The van der Waals surface area contributed by atoms with E-state index in [2.05, 4.69) is 35.6 Å². The van der Waals surface area contributed by atoms with Gasteiger partial charge in [0.15, 0.2) is 0 Å². The van der Waals surface area contributed by atoms with E-state index in [1.807, 2.05) is 11.4 Å². The van der Waals surface area contributed by atoms with Crippen molar-refractivity contribution < 1.29 is 15.2 Å². The molecule has 0 aliphatic heterocycles. The third kappa shape index (κ3) is 4.17. The second kappa shape index (κ2) is 7.88. The van der Waals surface area contributed by atoms with Gasteiger partial charge in [-0.25, -0.2) is 0 Å². The van der Waals surface area contributed by atoms with Gasteiger partial charge in [-0.3, -0.25) is 0 Å². The molecule has 118 valence electrons. The summed E-state index contributed by atoms with van der Waals surface area (Å²) in [5, 5.41) is 14.4. The van der Waals surface area contributed by atoms with E-state index >= 15 is 0 Å². The molecule has 0 bridgehead atoms. The Morgan fingerprint density at radius 2 is 2.18 bits per heavy atom. The summed E-state index contributed by atoms with van der Waals surface area (Å²) in [5.41, 5.74) is 2.92. The van der Waals surface area contributed by atoms with Gasteiger partial charge >= 0.3 is 0 Å². The second-order valence-electron chi connectivity index (χ2n) is 5.92. The number of aryl methyl sites for hydroxylation is 1. The molecule has 0 saturated carbocycles. The number of hydrogen-bond donors (Lipinski definition) is 2. The van der Waals surface area contributed by atoms with E-state index in [4.69, 9.17) is 4.74 Å². The first kappa shape index (κ1) is 15.7. The molecular formula is C18H24NO2S+. The number of ether oxygens (including phenoxy) is 1. The van der Waals surface area contributed by atoms with Crippen molar-refractivity contribution in [2.45, 2.75) is 38.0 Å². The highest BCUT2D eigenvalue weighted by molar-refractivity contribution is 7.09. The van der Waals surface area contributed by atoms with Crippen molar-refractivity contribution in [3.63, 3.8) is 0 Å². The van der Waals surface area contributed by atoms with Crippen molar-refractivity contribution >= 4 is 11.3 Å². The molecular weight excluding hydrogens is 294 g/mol. The van der Waals surface area contributed by atoms with Crippen LogP contribution in [0.3, 0.4) is 0 Å². The van der Waals surface area contributed by atoms with Crippen LogP contribution in [-0.4, -0.2) is 24.4 Å². The van der Waals surface area contributed by atoms with E-state index in [1.165, 1.54) is 35.3 Å². The minimum atomic E-state index is -0.408. The lowest BCUT2D eigenvalue weighted by Crippen LogP contribution is -2.87. The Morgan fingerprint density at radius 3 is 3.05 bits per heavy atom. The second-order valence-corrected chi connectivity index (χ2v) is 6.95. The zero-order valence-electron chi connectivity index (χ0n) is 12.8. The topological polar surface area (TPSA) is 46.1 Å². The molecule has 1 aliphatic rings. The zero-order chi connectivity index (χ0) is 15.2. The number of aliphatic hydroxyl groups is 1. The van der Waals surface area contributed by atoms with Crippen molar-refractivity contribution in [1.29, 1.82) is 0 Å². The smallest absolute Gasteiger partial charge is 0.126 e. The highest BCUT2D eigenvalue weighted by atomic mass is 32.1. The molecule has 0 radical (unpaired) electrons. The summed E-state index contributed by atoms with van der Waals surface area (Å²) in [7, 11) is 0. The molecule has 1 aromatic heterocycles. The molecule has 0 fully saturated rings. The normalized spacial score (nSPS) is 18.9. The van der Waals surface area contributed by atoms with Gasteiger partial charge in [0.1, 0.15) is 18.7 Å². The van der Waals surface area contributed by atoms with Crippen LogP contribution in [0.5, 0.6) is 0 Å². The standard InChI is InChI=1S/C18H23NO2S/c20-15(12-21-13-16-7-4-10-22-16)11-19-18-9-3-6-14-5-1-2-8-17(14)18/h1-2,4-5,7-8,10,15,18-20H,3,6,9,11-13H2/p+1/t15-,18-/m1/s1. The quantitative estimate of drug-likeness (QED) is 0.822. The molecule has 3 rings (SSSR count). The Kier molecular flexibility index (Phi) is 5.62. The minimum Gasteiger partial charge on any atom is -0.385 e. The SMILES string of the molecule is O[C@H](C[NH2+][C@@H]1CCCc2ccccc21)COCc1cccs1. The van der Waals surface area contributed by atoms with Crippen LogP contribution in [0.2, 0.25) is 0 Å². The summed E-state index contributed by atoms with van der Waals surface area (Å²) in [5.74, 6) is 0. The molecule has 1 heterocycles. The lowest BCUT2D eigenvalue weighted by atomic mass is 9.88. The minimum absolute atomic E-state index is 0.406. The first-order valence-corrected chi connectivity index (χ1v) is 8.90. The summed E-state index contributed by atoms with van der Waals surface area (Å²) >= 11 is 1.69. The van der Waals surface area contributed by atoms with Crippen LogP contribution in [0.4, 0.5) is 0 Å². The van der Waals surface area contributed by atoms with Gasteiger partial charge in [-0.1, -0.05) is 30.3 Å². The third-order valence-corrected chi connectivity index (χ3v) is 5.09. The van der Waals surface area contributed by atoms with Crippen molar-refractivity contribution in [3.05, 3.63) is 57.8 Å². The van der Waals surface area contributed by atoms with Crippen LogP contribution >= 0.6 is 11.3 Å². The Bertz CT molecular complexity index is 570. The predicted molar refractivity (Wildman–Crippen MR) is 88.9 cm³/mol. The maximum Gasteiger partial charge on any atom is 0.126 e. The molecule has 0 spiro atoms. The van der Waals surface area contributed by atoms with Crippen molar-refractivity contribution in [2.75, 3.05) is 13.2 Å². The molecule has 0 amide bonds. The van der Waals surface area contributed by atoms with Gasteiger partial charge in [0, 0.05) is 16.9 Å². The Morgan fingerprint density at radius 1 is 1.27 bits per heavy atom. The lowest BCUT2D eigenvalue weighted by Gasteiger charge is -2.24. The summed E-state index contributed by atoms with van der Waals surface area (Å²) in [6.45, 7) is 1.70. The third-order valence-electron chi connectivity index (χ3n) is 4.24. The van der Waals surface area contributed by atoms with Gasteiger partial charge in [0.2, 0.25) is 0 Å². The van der Waals surface area contributed by atoms with E-state index in [0.29, 0.717) is 25.8 Å². The van der Waals surface area contributed by atoms with E-state index in [9.17, 15) is 5.11 Å². The van der Waals surface area contributed by atoms with Crippen LogP contribution in [0, 0.1) is 0 Å². The molecule has 3 nitrogen and oxygen atoms in total. The largest absolute Gasteiger partial charge is 0.385 e. The molecule has 2 aromatic rings. The zero-order valence-corrected chi connectivity index (χ0v) is 13.6. The van der Waals surface area contributed by atoms with Gasteiger partial charge in [-0.05, 0) is 29.9 Å². The van der Waals surface area contributed by atoms with Crippen LogP contribution in [0.15, 0.2) is 41.8 Å². The van der Waals surface area contributed by atoms with Gasteiger partial charge in [0.25, 0.3) is 0 Å². The maximum absolute atomic E-state index is 10.1. The Labute approximate surface area is 136 Å². The molecule has 0 unspecified atom stereocenters. The van der Waals surface area contributed by atoms with E-state index in [-0.39, 0.29) is 0 Å².